The summed E-state index contributed by atoms with van der Waals surface area (Å²) < 4.78 is 0. The van der Waals surface area contributed by atoms with Crippen molar-refractivity contribution < 1.29 is 5.11 Å². The van der Waals surface area contributed by atoms with Crippen molar-refractivity contribution in [3.05, 3.63) is 15.9 Å². The van der Waals surface area contributed by atoms with Gasteiger partial charge in [0, 0.05) is 0 Å². The highest BCUT2D eigenvalue weighted by Gasteiger charge is 2.09. The minimum Gasteiger partial charge on any atom is -0.391 e. The minimum atomic E-state index is -0.244. The van der Waals surface area contributed by atoms with Crippen molar-refractivity contribution in [1.82, 2.24) is 9.97 Å². The Balaban J connectivity index is 3.18. The SMILES string of the molecule is CSc1nc(Cl)c(CO)c(Cl)n1. The summed E-state index contributed by atoms with van der Waals surface area (Å²) >= 11 is 12.8. The molecule has 0 saturated carbocycles. The Morgan fingerprint density at radius 2 is 1.83 bits per heavy atom. The first-order chi connectivity index (χ1) is 5.69. The molecule has 0 fully saturated rings. The number of aliphatic hydroxyl groups is 1. The molecular formula is C6H6Cl2N2OS. The van der Waals surface area contributed by atoms with Crippen LogP contribution in [0.1, 0.15) is 5.56 Å². The number of nitrogens with zero attached hydrogens (tertiary/aromatic N) is 2. The first kappa shape index (κ1) is 10.1. The second-order valence-electron chi connectivity index (χ2n) is 1.93. The molecule has 1 N–H and O–H groups in total. The summed E-state index contributed by atoms with van der Waals surface area (Å²) in [5, 5.41) is 9.73. The van der Waals surface area contributed by atoms with Gasteiger partial charge in [0.2, 0.25) is 0 Å². The van der Waals surface area contributed by atoms with E-state index in [1.807, 2.05) is 6.26 Å². The molecule has 0 aliphatic rings. The molecule has 0 spiro atoms. The van der Waals surface area contributed by atoms with E-state index in [-0.39, 0.29) is 16.9 Å². The number of halogens is 2. The van der Waals surface area contributed by atoms with E-state index < -0.39 is 0 Å². The molecule has 0 unspecified atom stereocenters. The lowest BCUT2D eigenvalue weighted by molar-refractivity contribution is 0.281. The summed E-state index contributed by atoms with van der Waals surface area (Å²) in [6.07, 6.45) is 1.82. The Bertz CT molecular complexity index is 272. The molecule has 1 heterocycles. The van der Waals surface area contributed by atoms with Crippen LogP contribution in [-0.4, -0.2) is 21.3 Å². The van der Waals surface area contributed by atoms with Crippen LogP contribution in [-0.2, 0) is 6.61 Å². The van der Waals surface area contributed by atoms with Crippen molar-refractivity contribution >= 4 is 35.0 Å². The van der Waals surface area contributed by atoms with Crippen LogP contribution in [0.5, 0.6) is 0 Å². The van der Waals surface area contributed by atoms with Gasteiger partial charge < -0.3 is 5.11 Å². The predicted octanol–water partition coefficient (Wildman–Crippen LogP) is 2.00. The summed E-state index contributed by atoms with van der Waals surface area (Å²) in [4.78, 5) is 7.79. The van der Waals surface area contributed by atoms with E-state index in [2.05, 4.69) is 9.97 Å². The fourth-order valence-electron chi connectivity index (χ4n) is 0.635. The lowest BCUT2D eigenvalue weighted by Crippen LogP contribution is -1.95. The van der Waals surface area contributed by atoms with Crippen LogP contribution in [0.3, 0.4) is 0 Å². The summed E-state index contributed by atoms with van der Waals surface area (Å²) in [5.41, 5.74) is 0.371. The van der Waals surface area contributed by atoms with E-state index in [9.17, 15) is 0 Å². The van der Waals surface area contributed by atoms with Gasteiger partial charge in [0.1, 0.15) is 10.3 Å². The van der Waals surface area contributed by atoms with Gasteiger partial charge in [-0.15, -0.1) is 0 Å². The lowest BCUT2D eigenvalue weighted by Gasteiger charge is -2.02. The molecular weight excluding hydrogens is 219 g/mol. The quantitative estimate of drug-likeness (QED) is 0.475. The highest BCUT2D eigenvalue weighted by molar-refractivity contribution is 7.98. The average Bonchev–Trinajstić information content (AvgIpc) is 2.03. The molecule has 3 nitrogen and oxygen atoms in total. The van der Waals surface area contributed by atoms with E-state index >= 15 is 0 Å². The third-order valence-corrected chi connectivity index (χ3v) is 2.40. The highest BCUT2D eigenvalue weighted by Crippen LogP contribution is 2.23. The van der Waals surface area contributed by atoms with Gasteiger partial charge in [-0.05, 0) is 6.26 Å². The summed E-state index contributed by atoms with van der Waals surface area (Å²) in [7, 11) is 0. The molecule has 0 aromatic carbocycles. The van der Waals surface area contributed by atoms with Crippen molar-refractivity contribution in [2.75, 3.05) is 6.26 Å². The van der Waals surface area contributed by atoms with Crippen LogP contribution < -0.4 is 0 Å². The molecule has 0 saturated heterocycles. The van der Waals surface area contributed by atoms with Crippen molar-refractivity contribution in [3.63, 3.8) is 0 Å². The largest absolute Gasteiger partial charge is 0.391 e. The number of rotatable bonds is 2. The maximum absolute atomic E-state index is 8.81. The van der Waals surface area contributed by atoms with Gasteiger partial charge >= 0.3 is 0 Å². The van der Waals surface area contributed by atoms with Crippen LogP contribution in [0.2, 0.25) is 10.3 Å². The van der Waals surface area contributed by atoms with Crippen molar-refractivity contribution in [2.45, 2.75) is 11.8 Å². The maximum atomic E-state index is 8.81. The van der Waals surface area contributed by atoms with Gasteiger partial charge in [-0.25, -0.2) is 9.97 Å². The Morgan fingerprint density at radius 3 is 2.17 bits per heavy atom. The molecule has 0 bridgehead atoms. The molecule has 12 heavy (non-hydrogen) atoms. The second-order valence-corrected chi connectivity index (χ2v) is 3.42. The number of aromatic nitrogens is 2. The van der Waals surface area contributed by atoms with E-state index in [1.54, 1.807) is 0 Å². The fourth-order valence-corrected chi connectivity index (χ4v) is 1.61. The zero-order valence-electron chi connectivity index (χ0n) is 6.21. The molecule has 0 aliphatic heterocycles. The van der Waals surface area contributed by atoms with E-state index in [0.717, 1.165) is 0 Å². The smallest absolute Gasteiger partial charge is 0.190 e. The molecule has 0 amide bonds. The first-order valence-corrected chi connectivity index (χ1v) is 5.04. The summed E-state index contributed by atoms with van der Waals surface area (Å²) in [5.74, 6) is 0. The van der Waals surface area contributed by atoms with E-state index in [0.29, 0.717) is 10.7 Å². The first-order valence-electron chi connectivity index (χ1n) is 3.05. The highest BCUT2D eigenvalue weighted by atomic mass is 35.5. The summed E-state index contributed by atoms with van der Waals surface area (Å²) in [6, 6.07) is 0. The average molecular weight is 225 g/mol. The Hall–Kier alpha value is -0.0300. The van der Waals surface area contributed by atoms with Crippen LogP contribution in [0.15, 0.2) is 5.16 Å². The number of thioether (sulfide) groups is 1. The van der Waals surface area contributed by atoms with Gasteiger partial charge in [0.05, 0.1) is 12.2 Å². The molecule has 0 atom stereocenters. The minimum absolute atomic E-state index is 0.210. The zero-order valence-corrected chi connectivity index (χ0v) is 8.54. The van der Waals surface area contributed by atoms with Gasteiger partial charge in [-0.2, -0.15) is 0 Å². The van der Waals surface area contributed by atoms with Gasteiger partial charge in [0.25, 0.3) is 0 Å². The molecule has 1 aromatic heterocycles. The third kappa shape index (κ3) is 2.01. The van der Waals surface area contributed by atoms with Gasteiger partial charge in [-0.1, -0.05) is 35.0 Å². The van der Waals surface area contributed by atoms with Crippen LogP contribution in [0.4, 0.5) is 0 Å². The van der Waals surface area contributed by atoms with Gasteiger partial charge in [0.15, 0.2) is 5.16 Å². The van der Waals surface area contributed by atoms with E-state index in [1.165, 1.54) is 11.8 Å². The molecule has 1 rings (SSSR count). The van der Waals surface area contributed by atoms with Crippen LogP contribution in [0, 0.1) is 0 Å². The molecule has 1 aromatic rings. The van der Waals surface area contributed by atoms with Crippen LogP contribution in [0.25, 0.3) is 0 Å². The lowest BCUT2D eigenvalue weighted by atomic mass is 10.4. The standard InChI is InChI=1S/C6H6Cl2N2OS/c1-12-6-9-4(7)3(2-11)5(8)10-6/h11H,2H2,1H3. The Kier molecular flexibility index (Phi) is 3.58. The molecule has 0 radical (unpaired) electrons. The van der Waals surface area contributed by atoms with Gasteiger partial charge in [-0.3, -0.25) is 0 Å². The number of hydrogen-bond donors (Lipinski definition) is 1. The fraction of sp³-hybridized carbons (Fsp3) is 0.333. The Labute approximate surface area is 84.1 Å². The third-order valence-electron chi connectivity index (χ3n) is 1.23. The van der Waals surface area contributed by atoms with Crippen LogP contribution >= 0.6 is 35.0 Å². The van der Waals surface area contributed by atoms with Crippen molar-refractivity contribution in [1.29, 1.82) is 0 Å². The maximum Gasteiger partial charge on any atom is 0.190 e. The monoisotopic (exact) mass is 224 g/mol. The normalized spacial score (nSPS) is 10.3. The summed E-state index contributed by atoms with van der Waals surface area (Å²) in [6.45, 7) is -0.244. The Morgan fingerprint density at radius 1 is 1.33 bits per heavy atom. The zero-order chi connectivity index (χ0) is 9.14. The van der Waals surface area contributed by atoms with Crippen molar-refractivity contribution in [2.24, 2.45) is 0 Å². The number of hydrogen-bond acceptors (Lipinski definition) is 4. The number of aliphatic hydroxyl groups excluding tert-OH is 1. The molecule has 66 valence electrons. The topological polar surface area (TPSA) is 46.0 Å². The predicted molar refractivity (Wildman–Crippen MR) is 49.8 cm³/mol. The van der Waals surface area contributed by atoms with Crippen molar-refractivity contribution in [3.8, 4) is 0 Å². The van der Waals surface area contributed by atoms with E-state index in [4.69, 9.17) is 28.3 Å². The molecule has 6 heteroatoms. The molecule has 0 aliphatic carbocycles. The second kappa shape index (κ2) is 4.28.